The Morgan fingerprint density at radius 1 is 1.33 bits per heavy atom. The summed E-state index contributed by atoms with van der Waals surface area (Å²) < 4.78 is 40.9. The van der Waals surface area contributed by atoms with Gasteiger partial charge in [-0.05, 0) is 50.0 Å². The number of nitrogens with zero attached hydrogens (tertiary/aromatic N) is 1. The summed E-state index contributed by atoms with van der Waals surface area (Å²) in [6.07, 6.45) is 2.02. The van der Waals surface area contributed by atoms with E-state index in [-0.39, 0.29) is 16.5 Å². The lowest BCUT2D eigenvalue weighted by molar-refractivity contribution is 0.0827. The molecule has 0 amide bonds. The molecule has 116 valence electrons. The zero-order valence-corrected chi connectivity index (χ0v) is 12.4. The number of halogens is 1. The topological polar surface area (TPSA) is 69.6 Å². The van der Waals surface area contributed by atoms with Gasteiger partial charge in [-0.1, -0.05) is 0 Å². The second-order valence-corrected chi connectivity index (χ2v) is 7.49. The van der Waals surface area contributed by atoms with Gasteiger partial charge in [-0.2, -0.15) is 0 Å². The molecule has 3 heterocycles. The van der Waals surface area contributed by atoms with E-state index in [0.717, 1.165) is 38.5 Å². The average Bonchev–Trinajstić information content (AvgIpc) is 2.48. The SMILES string of the molecule is O=S(=O)(NC1CN2CCC1CC2)c1ccc(F)c(CO)c1. The third-order valence-corrected chi connectivity index (χ3v) is 5.95. The Kier molecular flexibility index (Phi) is 4.00. The summed E-state index contributed by atoms with van der Waals surface area (Å²) in [5, 5.41) is 9.05. The van der Waals surface area contributed by atoms with Gasteiger partial charge in [0.25, 0.3) is 0 Å². The van der Waals surface area contributed by atoms with Crippen molar-refractivity contribution in [3.63, 3.8) is 0 Å². The second-order valence-electron chi connectivity index (χ2n) is 5.78. The van der Waals surface area contributed by atoms with Crippen molar-refractivity contribution in [3.8, 4) is 0 Å². The molecule has 7 heteroatoms. The zero-order valence-electron chi connectivity index (χ0n) is 11.6. The fourth-order valence-electron chi connectivity index (χ4n) is 3.21. The van der Waals surface area contributed by atoms with Crippen molar-refractivity contribution < 1.29 is 17.9 Å². The summed E-state index contributed by atoms with van der Waals surface area (Å²) in [6, 6.07) is 3.42. The number of fused-ring (bicyclic) bond motifs is 3. The highest BCUT2D eigenvalue weighted by Gasteiger charge is 2.36. The van der Waals surface area contributed by atoms with E-state index in [0.29, 0.717) is 5.92 Å². The number of rotatable bonds is 4. The molecule has 5 nitrogen and oxygen atoms in total. The van der Waals surface area contributed by atoms with Gasteiger partial charge in [-0.15, -0.1) is 0 Å². The van der Waals surface area contributed by atoms with Crippen molar-refractivity contribution >= 4 is 10.0 Å². The molecule has 3 aliphatic rings. The standard InChI is InChI=1S/C14H19FN2O3S/c15-13-2-1-12(7-11(13)9-18)21(19,20)16-14-8-17-5-3-10(14)4-6-17/h1-2,7,10,14,16,18H,3-6,8-9H2. The van der Waals surface area contributed by atoms with E-state index < -0.39 is 22.4 Å². The molecule has 0 radical (unpaired) electrons. The van der Waals surface area contributed by atoms with Crippen LogP contribution < -0.4 is 4.72 Å². The van der Waals surface area contributed by atoms with Crippen molar-refractivity contribution in [1.82, 2.24) is 9.62 Å². The van der Waals surface area contributed by atoms with Gasteiger partial charge >= 0.3 is 0 Å². The van der Waals surface area contributed by atoms with Crippen LogP contribution in [0.5, 0.6) is 0 Å². The summed E-state index contributed by atoms with van der Waals surface area (Å²) in [5.74, 6) is -0.221. The summed E-state index contributed by atoms with van der Waals surface area (Å²) in [6.45, 7) is 2.29. The van der Waals surface area contributed by atoms with Gasteiger partial charge in [0, 0.05) is 18.2 Å². The predicted molar refractivity (Wildman–Crippen MR) is 75.6 cm³/mol. The summed E-state index contributed by atoms with van der Waals surface area (Å²) in [7, 11) is -3.69. The number of benzene rings is 1. The van der Waals surface area contributed by atoms with Crippen molar-refractivity contribution in [2.45, 2.75) is 30.4 Å². The highest BCUT2D eigenvalue weighted by Crippen LogP contribution is 2.28. The van der Waals surface area contributed by atoms with Gasteiger partial charge < -0.3 is 10.0 Å². The fourth-order valence-corrected chi connectivity index (χ4v) is 4.55. The van der Waals surface area contributed by atoms with Crippen LogP contribution in [0.2, 0.25) is 0 Å². The maximum atomic E-state index is 13.4. The van der Waals surface area contributed by atoms with E-state index in [2.05, 4.69) is 9.62 Å². The van der Waals surface area contributed by atoms with E-state index in [1.165, 1.54) is 12.1 Å². The van der Waals surface area contributed by atoms with E-state index in [4.69, 9.17) is 5.11 Å². The first-order chi connectivity index (χ1) is 9.99. The Hall–Kier alpha value is -1.02. The molecular weight excluding hydrogens is 295 g/mol. The molecule has 3 aliphatic heterocycles. The lowest BCUT2D eigenvalue weighted by Gasteiger charge is -2.44. The van der Waals surface area contributed by atoms with Gasteiger partial charge in [0.2, 0.25) is 10.0 Å². The van der Waals surface area contributed by atoms with Crippen molar-refractivity contribution in [3.05, 3.63) is 29.6 Å². The Bertz CT molecular complexity index is 627. The van der Waals surface area contributed by atoms with Gasteiger partial charge in [-0.3, -0.25) is 0 Å². The summed E-state index contributed by atoms with van der Waals surface area (Å²) in [4.78, 5) is 2.26. The molecule has 0 aromatic heterocycles. The molecule has 1 atom stereocenters. The third kappa shape index (κ3) is 2.96. The number of aliphatic hydroxyl groups is 1. The van der Waals surface area contributed by atoms with E-state index in [9.17, 15) is 12.8 Å². The monoisotopic (exact) mass is 314 g/mol. The normalized spacial score (nSPS) is 28.8. The molecule has 0 spiro atoms. The Labute approximate surface area is 123 Å². The molecule has 2 bridgehead atoms. The van der Waals surface area contributed by atoms with Crippen LogP contribution in [0.1, 0.15) is 18.4 Å². The smallest absolute Gasteiger partial charge is 0.240 e. The Morgan fingerprint density at radius 3 is 2.62 bits per heavy atom. The van der Waals surface area contributed by atoms with Crippen molar-refractivity contribution in [2.75, 3.05) is 19.6 Å². The van der Waals surface area contributed by atoms with Crippen LogP contribution in [0.4, 0.5) is 4.39 Å². The number of piperidine rings is 3. The molecule has 1 unspecified atom stereocenters. The molecule has 4 rings (SSSR count). The quantitative estimate of drug-likeness (QED) is 0.858. The van der Waals surface area contributed by atoms with Crippen LogP contribution in [0.3, 0.4) is 0 Å². The van der Waals surface area contributed by atoms with Crippen LogP contribution in [0, 0.1) is 11.7 Å². The summed E-state index contributed by atoms with van der Waals surface area (Å²) >= 11 is 0. The van der Waals surface area contributed by atoms with Crippen molar-refractivity contribution in [1.29, 1.82) is 0 Å². The van der Waals surface area contributed by atoms with Crippen molar-refractivity contribution in [2.24, 2.45) is 5.92 Å². The van der Waals surface area contributed by atoms with Gasteiger partial charge in [0.05, 0.1) is 11.5 Å². The number of hydrogen-bond donors (Lipinski definition) is 2. The highest BCUT2D eigenvalue weighted by atomic mass is 32.2. The predicted octanol–water partition coefficient (Wildman–Crippen LogP) is 0.690. The number of nitrogens with one attached hydrogen (secondary N) is 1. The van der Waals surface area contributed by atoms with E-state index >= 15 is 0 Å². The minimum atomic E-state index is -3.69. The molecule has 0 saturated carbocycles. The first-order valence-corrected chi connectivity index (χ1v) is 8.62. The van der Waals surface area contributed by atoms with E-state index in [1.54, 1.807) is 0 Å². The van der Waals surface area contributed by atoms with Crippen LogP contribution in [-0.4, -0.2) is 44.1 Å². The first kappa shape index (κ1) is 14.9. The molecule has 0 aliphatic carbocycles. The second kappa shape index (κ2) is 5.64. The number of hydrogen-bond acceptors (Lipinski definition) is 4. The fraction of sp³-hybridized carbons (Fsp3) is 0.571. The minimum Gasteiger partial charge on any atom is -0.392 e. The average molecular weight is 314 g/mol. The van der Waals surface area contributed by atoms with Crippen LogP contribution in [0.25, 0.3) is 0 Å². The van der Waals surface area contributed by atoms with Gasteiger partial charge in [0.1, 0.15) is 5.82 Å². The van der Waals surface area contributed by atoms with Gasteiger partial charge in [-0.25, -0.2) is 17.5 Å². The molecule has 21 heavy (non-hydrogen) atoms. The third-order valence-electron chi connectivity index (χ3n) is 4.46. The Morgan fingerprint density at radius 2 is 2.05 bits per heavy atom. The van der Waals surface area contributed by atoms with Gasteiger partial charge in [0.15, 0.2) is 0 Å². The van der Waals surface area contributed by atoms with Crippen LogP contribution in [-0.2, 0) is 16.6 Å². The maximum absolute atomic E-state index is 13.4. The zero-order chi connectivity index (χ0) is 15.0. The maximum Gasteiger partial charge on any atom is 0.240 e. The van der Waals surface area contributed by atoms with Crippen LogP contribution in [0.15, 0.2) is 23.1 Å². The number of sulfonamides is 1. The molecular formula is C14H19FN2O3S. The molecule has 1 aromatic carbocycles. The lowest BCUT2D eigenvalue weighted by Crippen LogP contribution is -2.57. The van der Waals surface area contributed by atoms with E-state index in [1.807, 2.05) is 0 Å². The molecule has 3 fully saturated rings. The summed E-state index contributed by atoms with van der Waals surface area (Å²) in [5.41, 5.74) is -0.00760. The molecule has 2 N–H and O–H groups in total. The Balaban J connectivity index is 1.81. The molecule has 3 saturated heterocycles. The minimum absolute atomic E-state index is 0.00407. The van der Waals surface area contributed by atoms with Crippen LogP contribution >= 0.6 is 0 Å². The first-order valence-electron chi connectivity index (χ1n) is 7.13. The molecule has 1 aromatic rings. The number of aliphatic hydroxyl groups excluding tert-OH is 1. The lowest BCUT2D eigenvalue weighted by atomic mass is 9.85. The largest absolute Gasteiger partial charge is 0.392 e. The highest BCUT2D eigenvalue weighted by molar-refractivity contribution is 7.89.